The largest absolute Gasteiger partial charge is 0.382 e. The Balaban J connectivity index is 1.97. The highest BCUT2D eigenvalue weighted by molar-refractivity contribution is 7.11. The summed E-state index contributed by atoms with van der Waals surface area (Å²) < 4.78 is 8.45. The number of rotatable bonds is 5. The van der Waals surface area contributed by atoms with Crippen molar-refractivity contribution in [2.75, 3.05) is 17.6 Å². The van der Waals surface area contributed by atoms with Gasteiger partial charge in [-0.1, -0.05) is 5.16 Å². The Bertz CT molecular complexity index is 508. The first-order valence-corrected chi connectivity index (χ1v) is 5.50. The van der Waals surface area contributed by atoms with E-state index in [1.54, 1.807) is 0 Å². The van der Waals surface area contributed by atoms with Gasteiger partial charge in [-0.25, -0.2) is 0 Å². The molecular formula is C8H10N6O2S. The number of primary amides is 1. The molecule has 0 fully saturated rings. The van der Waals surface area contributed by atoms with Crippen molar-refractivity contribution >= 4 is 28.3 Å². The summed E-state index contributed by atoms with van der Waals surface area (Å²) in [5.41, 5.74) is 10.9. The van der Waals surface area contributed by atoms with Crippen molar-refractivity contribution < 1.29 is 9.32 Å². The molecule has 1 amide bonds. The van der Waals surface area contributed by atoms with Gasteiger partial charge in [0.2, 0.25) is 6.39 Å². The second kappa shape index (κ2) is 4.78. The van der Waals surface area contributed by atoms with Gasteiger partial charge < -0.3 is 21.3 Å². The van der Waals surface area contributed by atoms with Crippen LogP contribution in [0.5, 0.6) is 0 Å². The summed E-state index contributed by atoms with van der Waals surface area (Å²) in [4.78, 5) is 15.0. The second-order valence-corrected chi connectivity index (χ2v) is 3.93. The number of amides is 1. The first-order valence-electron chi connectivity index (χ1n) is 4.72. The maximum atomic E-state index is 11.1. The Morgan fingerprint density at radius 1 is 1.59 bits per heavy atom. The number of aromatic nitrogens is 3. The summed E-state index contributed by atoms with van der Waals surface area (Å²) in [7, 11) is 0. The molecule has 5 N–H and O–H groups in total. The number of nitrogens with one attached hydrogen (secondary N) is 1. The first-order chi connectivity index (χ1) is 8.18. The van der Waals surface area contributed by atoms with Crippen molar-refractivity contribution in [3.05, 3.63) is 17.8 Å². The SMILES string of the molecule is NC(=O)c1c(N)nsc1NCCc1ncon1. The molecule has 0 saturated heterocycles. The van der Waals surface area contributed by atoms with Crippen LogP contribution in [-0.4, -0.2) is 27.0 Å². The molecule has 8 nitrogen and oxygen atoms in total. The molecule has 0 saturated carbocycles. The molecule has 0 atom stereocenters. The van der Waals surface area contributed by atoms with Gasteiger partial charge in [-0.15, -0.1) is 0 Å². The number of anilines is 2. The lowest BCUT2D eigenvalue weighted by Gasteiger charge is -2.02. The lowest BCUT2D eigenvalue weighted by atomic mass is 10.3. The molecule has 0 spiro atoms. The number of nitrogen functional groups attached to an aromatic ring is 1. The third-order valence-corrected chi connectivity index (χ3v) is 2.83. The molecule has 9 heteroatoms. The number of nitrogens with zero attached hydrogens (tertiary/aromatic N) is 3. The predicted octanol–water partition coefficient (Wildman–Crippen LogP) is -0.138. The molecular weight excluding hydrogens is 244 g/mol. The molecule has 90 valence electrons. The smallest absolute Gasteiger partial charge is 0.255 e. The van der Waals surface area contributed by atoms with Crippen molar-refractivity contribution in [3.63, 3.8) is 0 Å². The van der Waals surface area contributed by atoms with E-state index in [1.807, 2.05) is 0 Å². The van der Waals surface area contributed by atoms with Gasteiger partial charge in [0, 0.05) is 13.0 Å². The molecule has 2 aromatic heterocycles. The number of hydrogen-bond donors (Lipinski definition) is 3. The number of nitrogens with two attached hydrogens (primary N) is 2. The van der Waals surface area contributed by atoms with Crippen molar-refractivity contribution in [1.82, 2.24) is 14.5 Å². The van der Waals surface area contributed by atoms with Crippen LogP contribution >= 0.6 is 11.5 Å². The Labute approximate surface area is 100 Å². The van der Waals surface area contributed by atoms with Gasteiger partial charge in [-0.05, 0) is 11.5 Å². The maximum Gasteiger partial charge on any atom is 0.255 e. The Morgan fingerprint density at radius 3 is 3.06 bits per heavy atom. The summed E-state index contributed by atoms with van der Waals surface area (Å²) in [6.45, 7) is 0.529. The van der Waals surface area contributed by atoms with E-state index < -0.39 is 5.91 Å². The molecule has 0 aliphatic rings. The Hall–Kier alpha value is -2.16. The minimum absolute atomic E-state index is 0.143. The summed E-state index contributed by atoms with van der Waals surface area (Å²) in [6, 6.07) is 0. The fraction of sp³-hybridized carbons (Fsp3) is 0.250. The quantitative estimate of drug-likeness (QED) is 0.676. The van der Waals surface area contributed by atoms with E-state index in [1.165, 1.54) is 6.39 Å². The molecule has 0 aromatic carbocycles. The van der Waals surface area contributed by atoms with Gasteiger partial charge >= 0.3 is 0 Å². The third kappa shape index (κ3) is 2.50. The lowest BCUT2D eigenvalue weighted by molar-refractivity contribution is 0.100. The third-order valence-electron chi connectivity index (χ3n) is 2.01. The van der Waals surface area contributed by atoms with Crippen LogP contribution in [0.1, 0.15) is 16.2 Å². The highest BCUT2D eigenvalue weighted by atomic mass is 32.1. The average molecular weight is 254 g/mol. The van der Waals surface area contributed by atoms with Crippen LogP contribution in [-0.2, 0) is 6.42 Å². The Morgan fingerprint density at radius 2 is 2.41 bits per heavy atom. The molecule has 0 aliphatic carbocycles. The summed E-state index contributed by atoms with van der Waals surface area (Å²) in [5.74, 6) is 0.124. The molecule has 2 aromatic rings. The fourth-order valence-electron chi connectivity index (χ4n) is 1.25. The zero-order valence-electron chi connectivity index (χ0n) is 8.71. The van der Waals surface area contributed by atoms with Crippen LogP contribution in [0.3, 0.4) is 0 Å². The molecule has 17 heavy (non-hydrogen) atoms. The van der Waals surface area contributed by atoms with Crippen LogP contribution < -0.4 is 16.8 Å². The number of carbonyl (C=O) groups excluding carboxylic acids is 1. The van der Waals surface area contributed by atoms with E-state index >= 15 is 0 Å². The Kier molecular flexibility index (Phi) is 3.19. The van der Waals surface area contributed by atoms with Gasteiger partial charge in [0.25, 0.3) is 5.91 Å². The zero-order valence-corrected chi connectivity index (χ0v) is 9.53. The molecule has 0 radical (unpaired) electrons. The summed E-state index contributed by atoms with van der Waals surface area (Å²) in [6.07, 6.45) is 1.82. The van der Waals surface area contributed by atoms with Crippen molar-refractivity contribution in [2.24, 2.45) is 5.73 Å². The first kappa shape index (κ1) is 11.3. The fourth-order valence-corrected chi connectivity index (χ4v) is 2.00. The van der Waals surface area contributed by atoms with Crippen LogP contribution in [0.15, 0.2) is 10.9 Å². The van der Waals surface area contributed by atoms with E-state index in [2.05, 4.69) is 24.4 Å². The summed E-state index contributed by atoms with van der Waals surface area (Å²) in [5, 5.41) is 7.22. The standard InChI is InChI=1S/C8H10N6O2S/c9-6-5(7(10)15)8(17-14-6)11-2-1-4-12-3-16-13-4/h3,11H,1-2H2,(H2,9,14)(H2,10,15). The van der Waals surface area contributed by atoms with Gasteiger partial charge in [0.1, 0.15) is 10.6 Å². The van der Waals surface area contributed by atoms with Crippen molar-refractivity contribution in [1.29, 1.82) is 0 Å². The molecule has 0 bridgehead atoms. The van der Waals surface area contributed by atoms with Crippen LogP contribution in [0.25, 0.3) is 0 Å². The van der Waals surface area contributed by atoms with Crippen molar-refractivity contribution in [2.45, 2.75) is 6.42 Å². The highest BCUT2D eigenvalue weighted by Crippen LogP contribution is 2.25. The monoisotopic (exact) mass is 254 g/mol. The molecule has 2 rings (SSSR count). The minimum Gasteiger partial charge on any atom is -0.382 e. The molecule has 0 aliphatic heterocycles. The number of hydrogen-bond acceptors (Lipinski definition) is 8. The van der Waals surface area contributed by atoms with Crippen LogP contribution in [0.4, 0.5) is 10.8 Å². The van der Waals surface area contributed by atoms with E-state index in [9.17, 15) is 4.79 Å². The number of carbonyl (C=O) groups is 1. The van der Waals surface area contributed by atoms with Gasteiger partial charge in [-0.2, -0.15) is 9.36 Å². The van der Waals surface area contributed by atoms with E-state index in [0.29, 0.717) is 23.8 Å². The normalized spacial score (nSPS) is 10.4. The maximum absolute atomic E-state index is 11.1. The predicted molar refractivity (Wildman–Crippen MR) is 61.5 cm³/mol. The topological polar surface area (TPSA) is 133 Å². The van der Waals surface area contributed by atoms with Gasteiger partial charge in [0.05, 0.1) is 0 Å². The lowest BCUT2D eigenvalue weighted by Crippen LogP contribution is -2.15. The zero-order chi connectivity index (χ0) is 12.3. The van der Waals surface area contributed by atoms with E-state index in [0.717, 1.165) is 11.5 Å². The van der Waals surface area contributed by atoms with E-state index in [4.69, 9.17) is 11.5 Å². The highest BCUT2D eigenvalue weighted by Gasteiger charge is 2.16. The van der Waals surface area contributed by atoms with Crippen molar-refractivity contribution in [3.8, 4) is 0 Å². The summed E-state index contributed by atoms with van der Waals surface area (Å²) >= 11 is 1.09. The van der Waals surface area contributed by atoms with Crippen LogP contribution in [0, 0.1) is 0 Å². The molecule has 2 heterocycles. The van der Waals surface area contributed by atoms with Gasteiger partial charge in [0.15, 0.2) is 11.6 Å². The second-order valence-electron chi connectivity index (χ2n) is 3.16. The van der Waals surface area contributed by atoms with E-state index in [-0.39, 0.29) is 11.4 Å². The van der Waals surface area contributed by atoms with Crippen LogP contribution in [0.2, 0.25) is 0 Å². The minimum atomic E-state index is -0.599. The van der Waals surface area contributed by atoms with Gasteiger partial charge in [-0.3, -0.25) is 4.79 Å². The average Bonchev–Trinajstić information content (AvgIpc) is 2.88. The molecule has 0 unspecified atom stereocenters.